The molecule has 3 heterocycles. The molecule has 1 fully saturated rings. The molecule has 206 valence electrons. The smallest absolute Gasteiger partial charge is 0.259 e. The summed E-state index contributed by atoms with van der Waals surface area (Å²) in [5.41, 5.74) is 5.60. The molecule has 1 aromatic heterocycles. The molecule has 3 amide bonds. The van der Waals surface area contributed by atoms with E-state index in [1.807, 2.05) is 43.4 Å². The van der Waals surface area contributed by atoms with Gasteiger partial charge in [0.2, 0.25) is 6.41 Å². The predicted octanol–water partition coefficient (Wildman–Crippen LogP) is 4.67. The van der Waals surface area contributed by atoms with Crippen molar-refractivity contribution in [2.75, 3.05) is 45.1 Å². The van der Waals surface area contributed by atoms with Gasteiger partial charge in [-0.15, -0.1) is 0 Å². The normalized spacial score (nSPS) is 16.1. The second-order valence-corrected chi connectivity index (χ2v) is 11.2. The molecular weight excluding hydrogens is 526 g/mol. The highest BCUT2D eigenvalue weighted by atomic mass is 35.5. The summed E-state index contributed by atoms with van der Waals surface area (Å²) in [6.07, 6.45) is 3.56. The Morgan fingerprint density at radius 2 is 1.70 bits per heavy atom. The van der Waals surface area contributed by atoms with E-state index < -0.39 is 11.8 Å². The number of anilines is 1. The molecule has 4 aromatic rings. The summed E-state index contributed by atoms with van der Waals surface area (Å²) in [6.45, 7) is 5.47. The number of piperazine rings is 1. The lowest BCUT2D eigenvalue weighted by atomic mass is 9.92. The van der Waals surface area contributed by atoms with Gasteiger partial charge < -0.3 is 19.7 Å². The highest BCUT2D eigenvalue weighted by Gasteiger charge is 2.35. The van der Waals surface area contributed by atoms with Gasteiger partial charge in [-0.1, -0.05) is 29.8 Å². The standard InChI is InChI=1S/C31H32ClN5O3/c1-35-11-13-37(14-12-35)10-6-5-7-19-15-20(33-18-38)16-23-26-25(36(2)29(19)23)17-22(21-8-3-4-9-24(21)32)27-28(26)31(40)34-30(27)39/h3-4,8-9,15-18H,5-7,10-14H2,1-2H3,(H,33,38)(H,34,39,40). The van der Waals surface area contributed by atoms with Crippen LogP contribution in [0.4, 0.5) is 5.69 Å². The summed E-state index contributed by atoms with van der Waals surface area (Å²) >= 11 is 6.56. The van der Waals surface area contributed by atoms with Crippen LogP contribution < -0.4 is 10.6 Å². The number of aromatic nitrogens is 1. The van der Waals surface area contributed by atoms with Gasteiger partial charge in [0.15, 0.2) is 0 Å². The lowest BCUT2D eigenvalue weighted by Gasteiger charge is -2.32. The van der Waals surface area contributed by atoms with Crippen LogP contribution in [0.3, 0.4) is 0 Å². The van der Waals surface area contributed by atoms with Gasteiger partial charge in [0.1, 0.15) is 0 Å². The SMILES string of the molecule is CN1CCN(CCCCc2cc(NC=O)cc3c4c5c(c(-c6ccccc6Cl)cc4n(C)c23)C(=O)NC5=O)CC1. The Balaban J connectivity index is 1.47. The van der Waals surface area contributed by atoms with Gasteiger partial charge in [-0.3, -0.25) is 19.7 Å². The van der Waals surface area contributed by atoms with Crippen LogP contribution in [0, 0.1) is 0 Å². The zero-order valence-corrected chi connectivity index (χ0v) is 23.5. The number of amides is 3. The number of imide groups is 1. The Kier molecular flexibility index (Phi) is 7.08. The zero-order chi connectivity index (χ0) is 28.0. The van der Waals surface area contributed by atoms with Crippen molar-refractivity contribution in [2.24, 2.45) is 7.05 Å². The Morgan fingerprint density at radius 3 is 2.45 bits per heavy atom. The summed E-state index contributed by atoms with van der Waals surface area (Å²) in [5.74, 6) is -0.853. The van der Waals surface area contributed by atoms with E-state index in [2.05, 4.69) is 32.0 Å². The van der Waals surface area contributed by atoms with Gasteiger partial charge in [0.25, 0.3) is 11.8 Å². The second-order valence-electron chi connectivity index (χ2n) is 10.8. The van der Waals surface area contributed by atoms with Crippen molar-refractivity contribution in [2.45, 2.75) is 19.3 Å². The first-order valence-electron chi connectivity index (χ1n) is 13.7. The molecule has 0 unspecified atom stereocenters. The van der Waals surface area contributed by atoms with Gasteiger partial charge in [-0.2, -0.15) is 0 Å². The van der Waals surface area contributed by atoms with Crippen LogP contribution in [0.5, 0.6) is 0 Å². The molecule has 2 N–H and O–H groups in total. The number of nitrogens with zero attached hydrogens (tertiary/aromatic N) is 3. The topological polar surface area (TPSA) is 86.7 Å². The van der Waals surface area contributed by atoms with Crippen LogP contribution in [0.25, 0.3) is 32.9 Å². The third-order valence-corrected chi connectivity index (χ3v) is 8.63. The molecule has 9 heteroatoms. The number of rotatable bonds is 8. The van der Waals surface area contributed by atoms with Crippen molar-refractivity contribution in [1.82, 2.24) is 19.7 Å². The lowest BCUT2D eigenvalue weighted by Crippen LogP contribution is -2.44. The number of carbonyl (C=O) groups is 3. The van der Waals surface area contributed by atoms with E-state index in [0.717, 1.165) is 74.0 Å². The highest BCUT2D eigenvalue weighted by Crippen LogP contribution is 2.43. The fraction of sp³-hybridized carbons (Fsp3) is 0.323. The van der Waals surface area contributed by atoms with Gasteiger partial charge in [-0.05, 0) is 68.2 Å². The van der Waals surface area contributed by atoms with Crippen LogP contribution in [0.15, 0.2) is 42.5 Å². The lowest BCUT2D eigenvalue weighted by molar-refractivity contribution is -0.105. The van der Waals surface area contributed by atoms with Crippen LogP contribution in [0.2, 0.25) is 5.02 Å². The van der Waals surface area contributed by atoms with Crippen molar-refractivity contribution in [1.29, 1.82) is 0 Å². The van der Waals surface area contributed by atoms with Gasteiger partial charge in [0.05, 0.1) is 22.2 Å². The summed E-state index contributed by atoms with van der Waals surface area (Å²) in [5, 5.41) is 7.36. The number of fused-ring (bicyclic) bond motifs is 5. The molecule has 0 saturated carbocycles. The van der Waals surface area contributed by atoms with Crippen LogP contribution in [-0.2, 0) is 18.3 Å². The van der Waals surface area contributed by atoms with Crippen molar-refractivity contribution in [3.8, 4) is 11.1 Å². The van der Waals surface area contributed by atoms with Gasteiger partial charge in [0, 0.05) is 60.3 Å². The number of hydrogen-bond acceptors (Lipinski definition) is 5. The first-order chi connectivity index (χ1) is 19.4. The predicted molar refractivity (Wildman–Crippen MR) is 159 cm³/mol. The maximum atomic E-state index is 13.2. The van der Waals surface area contributed by atoms with E-state index in [9.17, 15) is 14.4 Å². The molecule has 8 nitrogen and oxygen atoms in total. The van der Waals surface area contributed by atoms with E-state index in [1.165, 1.54) is 0 Å². The average molecular weight is 558 g/mol. The van der Waals surface area contributed by atoms with E-state index in [1.54, 1.807) is 6.07 Å². The second kappa shape index (κ2) is 10.7. The number of unbranched alkanes of at least 4 members (excludes halogenated alkanes) is 1. The largest absolute Gasteiger partial charge is 0.343 e. The summed E-state index contributed by atoms with van der Waals surface area (Å²) in [6, 6.07) is 13.2. The van der Waals surface area contributed by atoms with E-state index in [0.29, 0.717) is 44.8 Å². The third kappa shape index (κ3) is 4.56. The Morgan fingerprint density at radius 1 is 0.950 bits per heavy atom. The minimum Gasteiger partial charge on any atom is -0.343 e. The Labute approximate surface area is 237 Å². The van der Waals surface area contributed by atoms with E-state index >= 15 is 0 Å². The molecule has 2 aliphatic heterocycles. The molecule has 0 radical (unpaired) electrons. The fourth-order valence-corrected chi connectivity index (χ4v) is 6.49. The molecular formula is C31H32ClN5O3. The van der Waals surface area contributed by atoms with Crippen molar-refractivity contribution in [3.05, 3.63) is 64.2 Å². The number of halogens is 1. The molecule has 0 atom stereocenters. The van der Waals surface area contributed by atoms with Crippen molar-refractivity contribution in [3.63, 3.8) is 0 Å². The molecule has 1 saturated heterocycles. The highest BCUT2D eigenvalue weighted by molar-refractivity contribution is 6.36. The first kappa shape index (κ1) is 26.5. The van der Waals surface area contributed by atoms with Crippen LogP contribution in [0.1, 0.15) is 39.1 Å². The zero-order valence-electron chi connectivity index (χ0n) is 22.7. The minimum atomic E-state index is -0.430. The molecule has 0 spiro atoms. The maximum Gasteiger partial charge on any atom is 0.259 e. The van der Waals surface area contributed by atoms with E-state index in [4.69, 9.17) is 11.6 Å². The molecule has 40 heavy (non-hydrogen) atoms. The van der Waals surface area contributed by atoms with Gasteiger partial charge in [-0.25, -0.2) is 0 Å². The van der Waals surface area contributed by atoms with Crippen LogP contribution in [-0.4, -0.2) is 72.4 Å². The molecule has 2 aliphatic rings. The molecule has 0 aliphatic carbocycles. The molecule has 6 rings (SSSR count). The Bertz CT molecular complexity index is 1670. The molecule has 3 aromatic carbocycles. The molecule has 0 bridgehead atoms. The quantitative estimate of drug-likeness (QED) is 0.187. The number of aryl methyl sites for hydroxylation is 2. The summed E-state index contributed by atoms with van der Waals surface area (Å²) < 4.78 is 2.10. The number of benzene rings is 3. The average Bonchev–Trinajstić information content (AvgIpc) is 3.40. The summed E-state index contributed by atoms with van der Waals surface area (Å²) in [7, 11) is 4.15. The number of carbonyl (C=O) groups excluding carboxylic acids is 3. The number of hydrogen-bond donors (Lipinski definition) is 2. The monoisotopic (exact) mass is 557 g/mol. The van der Waals surface area contributed by atoms with E-state index in [-0.39, 0.29) is 0 Å². The fourth-order valence-electron chi connectivity index (χ4n) is 6.26. The van der Waals surface area contributed by atoms with Crippen molar-refractivity contribution >= 4 is 57.3 Å². The Hall–Kier alpha value is -3.72. The van der Waals surface area contributed by atoms with Crippen LogP contribution >= 0.6 is 11.6 Å². The summed E-state index contributed by atoms with van der Waals surface area (Å²) in [4.78, 5) is 42.6. The van der Waals surface area contributed by atoms with Gasteiger partial charge >= 0.3 is 0 Å². The minimum absolute atomic E-state index is 0.334. The van der Waals surface area contributed by atoms with Crippen molar-refractivity contribution < 1.29 is 14.4 Å². The number of likely N-dealkylation sites (N-methyl/N-ethyl adjacent to an activating group) is 1. The number of nitrogens with one attached hydrogen (secondary N) is 2. The third-order valence-electron chi connectivity index (χ3n) is 8.30. The maximum absolute atomic E-state index is 13.2. The first-order valence-corrected chi connectivity index (χ1v) is 14.1.